The molecule has 0 fully saturated rings. The summed E-state index contributed by atoms with van der Waals surface area (Å²) in [6, 6.07) is -0.418. The average Bonchev–Trinajstić information content (AvgIpc) is 2.21. The van der Waals surface area contributed by atoms with E-state index < -0.39 is 6.04 Å². The van der Waals surface area contributed by atoms with Crippen LogP contribution in [0.3, 0.4) is 0 Å². The van der Waals surface area contributed by atoms with Crippen LogP contribution in [0.25, 0.3) is 0 Å². The summed E-state index contributed by atoms with van der Waals surface area (Å²) in [7, 11) is 1.62. The molecule has 96 valence electrons. The largest absolute Gasteiger partial charge is 0.382 e. The minimum absolute atomic E-state index is 0.107. The number of nitrogens with one attached hydrogen (secondary N) is 1. The Morgan fingerprint density at radius 1 is 1.31 bits per heavy atom. The maximum absolute atomic E-state index is 11.5. The molecule has 0 aromatic carbocycles. The second kappa shape index (κ2) is 9.57. The topological polar surface area (TPSA) is 73.6 Å². The first-order valence-corrected chi connectivity index (χ1v) is 5.68. The van der Waals surface area contributed by atoms with Crippen LogP contribution in [-0.2, 0) is 14.3 Å². The Labute approximate surface area is 97.7 Å². The van der Waals surface area contributed by atoms with Gasteiger partial charge in [0.1, 0.15) is 0 Å². The lowest BCUT2D eigenvalue weighted by Crippen LogP contribution is -2.42. The van der Waals surface area contributed by atoms with Gasteiger partial charge in [0.15, 0.2) is 0 Å². The second-order valence-electron chi connectivity index (χ2n) is 4.13. The van der Waals surface area contributed by atoms with Crippen LogP contribution in [0.2, 0.25) is 0 Å². The Morgan fingerprint density at radius 2 is 2.00 bits per heavy atom. The first kappa shape index (κ1) is 15.3. The Kier molecular flexibility index (Phi) is 9.18. The molecule has 0 radical (unpaired) electrons. The summed E-state index contributed by atoms with van der Waals surface area (Å²) in [5.41, 5.74) is 5.71. The molecule has 5 heteroatoms. The summed E-state index contributed by atoms with van der Waals surface area (Å²) >= 11 is 0. The number of amides is 1. The first-order valence-electron chi connectivity index (χ1n) is 5.68. The molecule has 1 unspecified atom stereocenters. The van der Waals surface area contributed by atoms with E-state index in [-0.39, 0.29) is 5.91 Å². The molecule has 0 saturated carbocycles. The molecular weight excluding hydrogens is 208 g/mol. The van der Waals surface area contributed by atoms with E-state index in [4.69, 9.17) is 15.2 Å². The molecule has 0 heterocycles. The van der Waals surface area contributed by atoms with Gasteiger partial charge < -0.3 is 20.5 Å². The van der Waals surface area contributed by atoms with Gasteiger partial charge in [0.25, 0.3) is 0 Å². The van der Waals surface area contributed by atoms with Crippen molar-refractivity contribution in [2.24, 2.45) is 11.7 Å². The van der Waals surface area contributed by atoms with Crippen LogP contribution in [0.4, 0.5) is 0 Å². The van der Waals surface area contributed by atoms with E-state index in [1.54, 1.807) is 7.11 Å². The van der Waals surface area contributed by atoms with Gasteiger partial charge in [0.2, 0.25) is 5.91 Å². The minimum atomic E-state index is -0.418. The average molecular weight is 232 g/mol. The van der Waals surface area contributed by atoms with Crippen molar-refractivity contribution in [2.75, 3.05) is 33.5 Å². The lowest BCUT2D eigenvalue weighted by molar-refractivity contribution is -0.122. The minimum Gasteiger partial charge on any atom is -0.382 e. The maximum Gasteiger partial charge on any atom is 0.237 e. The molecule has 5 nitrogen and oxygen atoms in total. The van der Waals surface area contributed by atoms with Crippen LogP contribution in [0.15, 0.2) is 0 Å². The third-order valence-electron chi connectivity index (χ3n) is 2.04. The fourth-order valence-corrected chi connectivity index (χ4v) is 1.24. The van der Waals surface area contributed by atoms with Gasteiger partial charge in [-0.15, -0.1) is 0 Å². The number of carbonyl (C=O) groups excluding carboxylic acids is 1. The van der Waals surface area contributed by atoms with Gasteiger partial charge in [0, 0.05) is 13.7 Å². The molecule has 0 spiro atoms. The predicted molar refractivity (Wildman–Crippen MR) is 63.1 cm³/mol. The van der Waals surface area contributed by atoms with Crippen molar-refractivity contribution in [1.82, 2.24) is 5.32 Å². The van der Waals surface area contributed by atoms with Crippen molar-refractivity contribution >= 4 is 5.91 Å². The van der Waals surface area contributed by atoms with Crippen molar-refractivity contribution in [2.45, 2.75) is 26.3 Å². The Bertz CT molecular complexity index is 186. The zero-order chi connectivity index (χ0) is 12.4. The predicted octanol–water partition coefficient (Wildman–Crippen LogP) is 0.139. The molecule has 0 aliphatic rings. The van der Waals surface area contributed by atoms with Crippen LogP contribution in [0.1, 0.15) is 20.3 Å². The summed E-state index contributed by atoms with van der Waals surface area (Å²) in [6.07, 6.45) is 0.705. The third-order valence-corrected chi connectivity index (χ3v) is 2.04. The molecule has 0 bridgehead atoms. The maximum atomic E-state index is 11.5. The molecule has 1 atom stereocenters. The molecule has 1 amide bonds. The smallest absolute Gasteiger partial charge is 0.237 e. The quantitative estimate of drug-likeness (QED) is 0.555. The standard InChI is InChI=1S/C11H24N2O3/c1-9(2)8-10(12)11(14)13-4-5-16-7-6-15-3/h9-10H,4-8,12H2,1-3H3,(H,13,14). The SMILES string of the molecule is COCCOCCNC(=O)C(N)CC(C)C. The summed E-state index contributed by atoms with van der Waals surface area (Å²) in [5.74, 6) is 0.322. The van der Waals surface area contributed by atoms with E-state index in [9.17, 15) is 4.79 Å². The molecule has 0 aliphatic carbocycles. The highest BCUT2D eigenvalue weighted by atomic mass is 16.5. The van der Waals surface area contributed by atoms with Gasteiger partial charge in [-0.2, -0.15) is 0 Å². The Hall–Kier alpha value is -0.650. The number of hydrogen-bond donors (Lipinski definition) is 2. The molecule has 0 aliphatic heterocycles. The zero-order valence-electron chi connectivity index (χ0n) is 10.5. The number of carbonyl (C=O) groups is 1. The third kappa shape index (κ3) is 8.64. The van der Waals surface area contributed by atoms with Gasteiger partial charge >= 0.3 is 0 Å². The van der Waals surface area contributed by atoms with Gasteiger partial charge in [-0.05, 0) is 12.3 Å². The Morgan fingerprint density at radius 3 is 2.56 bits per heavy atom. The van der Waals surface area contributed by atoms with Gasteiger partial charge in [-0.3, -0.25) is 4.79 Å². The first-order chi connectivity index (χ1) is 7.57. The number of nitrogens with two attached hydrogens (primary N) is 1. The van der Waals surface area contributed by atoms with Crippen LogP contribution in [0, 0.1) is 5.92 Å². The van der Waals surface area contributed by atoms with Crippen molar-refractivity contribution in [3.8, 4) is 0 Å². The molecule has 0 rings (SSSR count). The molecule has 0 aromatic heterocycles. The van der Waals surface area contributed by atoms with E-state index in [1.807, 2.05) is 13.8 Å². The van der Waals surface area contributed by atoms with E-state index in [0.29, 0.717) is 38.7 Å². The van der Waals surface area contributed by atoms with Crippen molar-refractivity contribution in [3.05, 3.63) is 0 Å². The lowest BCUT2D eigenvalue weighted by Gasteiger charge is -2.14. The molecule has 16 heavy (non-hydrogen) atoms. The highest BCUT2D eigenvalue weighted by molar-refractivity contribution is 5.81. The summed E-state index contributed by atoms with van der Waals surface area (Å²) in [6.45, 7) is 6.19. The van der Waals surface area contributed by atoms with Gasteiger partial charge in [-0.1, -0.05) is 13.8 Å². The van der Waals surface area contributed by atoms with Gasteiger partial charge in [-0.25, -0.2) is 0 Å². The number of rotatable bonds is 9. The van der Waals surface area contributed by atoms with E-state index >= 15 is 0 Å². The van der Waals surface area contributed by atoms with Crippen LogP contribution >= 0.6 is 0 Å². The molecule has 3 N–H and O–H groups in total. The second-order valence-corrected chi connectivity index (χ2v) is 4.13. The normalized spacial score (nSPS) is 12.8. The zero-order valence-corrected chi connectivity index (χ0v) is 10.5. The van der Waals surface area contributed by atoms with Crippen LogP contribution in [0.5, 0.6) is 0 Å². The molecule has 0 aromatic rings. The van der Waals surface area contributed by atoms with E-state index in [0.717, 1.165) is 0 Å². The lowest BCUT2D eigenvalue weighted by atomic mass is 10.0. The van der Waals surface area contributed by atoms with E-state index in [1.165, 1.54) is 0 Å². The molecular formula is C11H24N2O3. The summed E-state index contributed by atoms with van der Waals surface area (Å²) in [5, 5.41) is 2.73. The fraction of sp³-hybridized carbons (Fsp3) is 0.909. The van der Waals surface area contributed by atoms with Crippen LogP contribution < -0.4 is 11.1 Å². The highest BCUT2D eigenvalue weighted by Crippen LogP contribution is 2.02. The fourth-order valence-electron chi connectivity index (χ4n) is 1.24. The van der Waals surface area contributed by atoms with E-state index in [2.05, 4.69) is 5.32 Å². The van der Waals surface area contributed by atoms with Crippen molar-refractivity contribution < 1.29 is 14.3 Å². The number of hydrogen-bond acceptors (Lipinski definition) is 4. The summed E-state index contributed by atoms with van der Waals surface area (Å²) in [4.78, 5) is 11.5. The Balaban J connectivity index is 3.42. The van der Waals surface area contributed by atoms with Crippen molar-refractivity contribution in [1.29, 1.82) is 0 Å². The monoisotopic (exact) mass is 232 g/mol. The van der Waals surface area contributed by atoms with Crippen LogP contribution in [-0.4, -0.2) is 45.4 Å². The number of methoxy groups -OCH3 is 1. The van der Waals surface area contributed by atoms with Gasteiger partial charge in [0.05, 0.1) is 25.9 Å². The summed E-state index contributed by atoms with van der Waals surface area (Å²) < 4.78 is 10.0. The molecule has 0 saturated heterocycles. The number of ether oxygens (including phenoxy) is 2. The highest BCUT2D eigenvalue weighted by Gasteiger charge is 2.13. The van der Waals surface area contributed by atoms with Crippen molar-refractivity contribution in [3.63, 3.8) is 0 Å².